The first kappa shape index (κ1) is 18.6. The van der Waals surface area contributed by atoms with Gasteiger partial charge in [-0.3, -0.25) is 15.0 Å². The van der Waals surface area contributed by atoms with Crippen LogP contribution in [0.5, 0.6) is 0 Å². The molecule has 4 rings (SSSR count). The second-order valence-corrected chi connectivity index (χ2v) is 6.47. The number of fused-ring (bicyclic) bond motifs is 1. The Hall–Kier alpha value is -3.71. The Kier molecular flexibility index (Phi) is 4.52. The molecule has 0 aliphatic heterocycles. The van der Waals surface area contributed by atoms with Crippen molar-refractivity contribution in [1.29, 1.82) is 5.26 Å². The number of alkyl halides is 2. The van der Waals surface area contributed by atoms with Crippen LogP contribution in [0.25, 0.3) is 10.9 Å². The van der Waals surface area contributed by atoms with E-state index >= 15 is 0 Å². The van der Waals surface area contributed by atoms with Crippen molar-refractivity contribution >= 4 is 10.9 Å². The molecule has 29 heavy (non-hydrogen) atoms. The standard InChI is InChI=1S/C19H14F2N7O/c1-11-15-6-5-14(19(20,21)18-23-26-27-24-18)7-17(15)28(25-11)9-16-12(8-22)3-2-4-13(16)10-29/h2-7,29H,9-10H2,1H3/q-1. The molecule has 0 radical (unpaired) electrons. The van der Waals surface area contributed by atoms with Gasteiger partial charge in [0.25, 0.3) is 0 Å². The molecule has 10 heteroatoms. The molecule has 0 atom stereocenters. The van der Waals surface area contributed by atoms with Crippen LogP contribution in [0.4, 0.5) is 8.78 Å². The summed E-state index contributed by atoms with van der Waals surface area (Å²) < 4.78 is 31.0. The van der Waals surface area contributed by atoms with Gasteiger partial charge in [-0.05, 0) is 30.2 Å². The molecule has 0 saturated heterocycles. The summed E-state index contributed by atoms with van der Waals surface area (Å²) in [6.45, 7) is 1.67. The van der Waals surface area contributed by atoms with Gasteiger partial charge in [-0.2, -0.15) is 24.4 Å². The van der Waals surface area contributed by atoms with E-state index in [9.17, 15) is 19.1 Å². The SMILES string of the molecule is Cc1nn(Cc2c(C#N)cccc2CO)c2cc(C(F)(F)c3nnn[n-]3)ccc12. The minimum atomic E-state index is -3.47. The van der Waals surface area contributed by atoms with E-state index in [4.69, 9.17) is 0 Å². The fourth-order valence-electron chi connectivity index (χ4n) is 3.28. The van der Waals surface area contributed by atoms with E-state index in [0.29, 0.717) is 33.3 Å². The molecule has 146 valence electrons. The predicted molar refractivity (Wildman–Crippen MR) is 96.8 cm³/mol. The number of nitriles is 1. The maximum absolute atomic E-state index is 14.7. The molecular weight excluding hydrogens is 380 g/mol. The summed E-state index contributed by atoms with van der Waals surface area (Å²) in [7, 11) is 0. The van der Waals surface area contributed by atoms with E-state index < -0.39 is 11.7 Å². The van der Waals surface area contributed by atoms with Crippen LogP contribution in [-0.2, 0) is 19.1 Å². The Morgan fingerprint density at radius 1 is 1.28 bits per heavy atom. The molecular formula is C19H14F2N7O-. The van der Waals surface area contributed by atoms with E-state index in [-0.39, 0.29) is 18.7 Å². The fourth-order valence-corrected chi connectivity index (χ4v) is 3.28. The average Bonchev–Trinajstić information content (AvgIpc) is 3.37. The highest BCUT2D eigenvalue weighted by Gasteiger charge is 2.34. The molecule has 0 bridgehead atoms. The first-order valence-electron chi connectivity index (χ1n) is 8.62. The van der Waals surface area contributed by atoms with E-state index in [1.165, 1.54) is 12.1 Å². The zero-order valence-corrected chi connectivity index (χ0v) is 15.2. The number of aromatic nitrogens is 6. The van der Waals surface area contributed by atoms with Gasteiger partial charge in [0, 0.05) is 10.9 Å². The summed E-state index contributed by atoms with van der Waals surface area (Å²) in [6.07, 6.45) is 0. The van der Waals surface area contributed by atoms with Crippen molar-refractivity contribution in [3.8, 4) is 6.07 Å². The van der Waals surface area contributed by atoms with E-state index in [1.54, 1.807) is 35.9 Å². The molecule has 0 spiro atoms. The number of hydrogen-bond donors (Lipinski definition) is 1. The number of aryl methyl sites for hydroxylation is 1. The van der Waals surface area contributed by atoms with Gasteiger partial charge in [0.1, 0.15) is 0 Å². The highest BCUT2D eigenvalue weighted by molar-refractivity contribution is 5.83. The number of nitrogens with zero attached hydrogens (tertiary/aromatic N) is 7. The lowest BCUT2D eigenvalue weighted by Gasteiger charge is -2.17. The van der Waals surface area contributed by atoms with Crippen LogP contribution in [0.1, 0.15) is 33.8 Å². The molecule has 2 heterocycles. The fraction of sp³-hybridized carbons (Fsp3) is 0.211. The highest BCUT2D eigenvalue weighted by atomic mass is 19.3. The zero-order valence-electron chi connectivity index (χ0n) is 15.2. The van der Waals surface area contributed by atoms with Crippen LogP contribution in [-0.4, -0.2) is 30.4 Å². The Bertz CT molecular complexity index is 1230. The molecule has 8 nitrogen and oxygen atoms in total. The largest absolute Gasteiger partial charge is 0.392 e. The molecule has 0 aliphatic rings. The average molecular weight is 394 g/mol. The molecule has 2 aromatic heterocycles. The second kappa shape index (κ2) is 7.03. The molecule has 2 aromatic carbocycles. The summed E-state index contributed by atoms with van der Waals surface area (Å²) in [5, 5.41) is 37.0. The third kappa shape index (κ3) is 3.11. The lowest BCUT2D eigenvalue weighted by atomic mass is 10.0. The van der Waals surface area contributed by atoms with Gasteiger partial charge < -0.3 is 10.2 Å². The van der Waals surface area contributed by atoms with Gasteiger partial charge in [-0.15, -0.1) is 0 Å². The van der Waals surface area contributed by atoms with Gasteiger partial charge in [0.2, 0.25) is 0 Å². The van der Waals surface area contributed by atoms with Crippen LogP contribution < -0.4 is 5.10 Å². The van der Waals surface area contributed by atoms with Gasteiger partial charge >= 0.3 is 5.92 Å². The van der Waals surface area contributed by atoms with Gasteiger partial charge in [0.05, 0.1) is 41.8 Å². The van der Waals surface area contributed by atoms with Crippen molar-refractivity contribution in [2.24, 2.45) is 0 Å². The van der Waals surface area contributed by atoms with Gasteiger partial charge in [0.15, 0.2) is 0 Å². The van der Waals surface area contributed by atoms with Gasteiger partial charge in [-0.25, -0.2) is 0 Å². The topological polar surface area (TPSA) is 115 Å². The van der Waals surface area contributed by atoms with Crippen molar-refractivity contribution in [2.45, 2.75) is 26.0 Å². The van der Waals surface area contributed by atoms with Crippen molar-refractivity contribution in [3.63, 3.8) is 0 Å². The predicted octanol–water partition coefficient (Wildman–Crippen LogP) is 2.04. The van der Waals surface area contributed by atoms with E-state index in [0.717, 1.165) is 0 Å². The second-order valence-electron chi connectivity index (χ2n) is 6.47. The van der Waals surface area contributed by atoms with Crippen molar-refractivity contribution in [2.75, 3.05) is 0 Å². The molecule has 4 aromatic rings. The van der Waals surface area contributed by atoms with Crippen molar-refractivity contribution < 1.29 is 13.9 Å². The Labute approximate surface area is 163 Å². The maximum Gasteiger partial charge on any atom is 0.305 e. The smallest absolute Gasteiger partial charge is 0.305 e. The van der Waals surface area contributed by atoms with Crippen LogP contribution in [0.3, 0.4) is 0 Å². The molecule has 0 fully saturated rings. The number of halogens is 2. The minimum Gasteiger partial charge on any atom is -0.392 e. The quantitative estimate of drug-likeness (QED) is 0.551. The van der Waals surface area contributed by atoms with Crippen molar-refractivity contribution in [3.05, 3.63) is 70.2 Å². The molecule has 0 amide bonds. The number of hydrogen-bond acceptors (Lipinski definition) is 6. The minimum absolute atomic E-state index is 0.148. The molecule has 0 unspecified atom stereocenters. The van der Waals surface area contributed by atoms with Crippen LogP contribution in [0.2, 0.25) is 0 Å². The summed E-state index contributed by atoms with van der Waals surface area (Å²) in [6, 6.07) is 11.3. The molecule has 0 aliphatic carbocycles. The first-order valence-corrected chi connectivity index (χ1v) is 8.62. The monoisotopic (exact) mass is 394 g/mol. The number of tetrazole rings is 1. The first-order chi connectivity index (χ1) is 14.0. The maximum atomic E-state index is 14.7. The number of aliphatic hydroxyl groups excluding tert-OH is 1. The Morgan fingerprint density at radius 2 is 2.10 bits per heavy atom. The van der Waals surface area contributed by atoms with E-state index in [2.05, 4.69) is 31.8 Å². The van der Waals surface area contributed by atoms with Crippen LogP contribution in [0.15, 0.2) is 36.4 Å². The summed E-state index contributed by atoms with van der Waals surface area (Å²) in [4.78, 5) is 0. The Morgan fingerprint density at radius 3 is 2.79 bits per heavy atom. The highest BCUT2D eigenvalue weighted by Crippen LogP contribution is 2.35. The summed E-state index contributed by atoms with van der Waals surface area (Å²) in [5.41, 5.74) is 2.35. The van der Waals surface area contributed by atoms with E-state index in [1.807, 2.05) is 0 Å². The summed E-state index contributed by atoms with van der Waals surface area (Å²) in [5.74, 6) is -4.25. The normalized spacial score (nSPS) is 11.7. The third-order valence-electron chi connectivity index (χ3n) is 4.77. The van der Waals surface area contributed by atoms with Crippen LogP contribution in [0, 0.1) is 18.3 Å². The Balaban J connectivity index is 1.84. The molecule has 0 saturated carbocycles. The zero-order chi connectivity index (χ0) is 20.6. The number of rotatable bonds is 5. The van der Waals surface area contributed by atoms with Crippen molar-refractivity contribution in [1.82, 2.24) is 30.4 Å². The summed E-state index contributed by atoms with van der Waals surface area (Å²) >= 11 is 0. The third-order valence-corrected chi connectivity index (χ3v) is 4.77. The number of aliphatic hydroxyl groups is 1. The lowest BCUT2D eigenvalue weighted by molar-refractivity contribution is 0.0324. The lowest BCUT2D eigenvalue weighted by Crippen LogP contribution is -2.18. The molecule has 1 N–H and O–H groups in total. The van der Waals surface area contributed by atoms with Gasteiger partial charge in [-0.1, -0.05) is 24.3 Å². The van der Waals surface area contributed by atoms with Crippen LogP contribution >= 0.6 is 0 Å². The number of benzene rings is 2.